The van der Waals surface area contributed by atoms with Crippen LogP contribution in [0.15, 0.2) is 18.3 Å². The lowest BCUT2D eigenvalue weighted by Gasteiger charge is -2.30. The molecule has 0 unspecified atom stereocenters. The van der Waals surface area contributed by atoms with Crippen molar-refractivity contribution in [2.45, 2.75) is 18.9 Å². The van der Waals surface area contributed by atoms with Crippen LogP contribution >= 0.6 is 12.2 Å². The molecule has 0 atom stereocenters. The molecule has 0 spiro atoms. The lowest BCUT2D eigenvalue weighted by Crippen LogP contribution is -2.36. The van der Waals surface area contributed by atoms with E-state index in [0.29, 0.717) is 16.7 Å². The standard InChI is InChI=1S/C12H18N4S/c1-16-6-4-9(5-7-16)15-10-2-3-11(12(13)17)14-8-10/h2-3,8-9,15H,4-7H2,1H3,(H2,13,17). The molecule has 1 aliphatic rings. The maximum atomic E-state index is 5.51. The number of hydrogen-bond acceptors (Lipinski definition) is 4. The van der Waals surface area contributed by atoms with Crippen molar-refractivity contribution in [2.24, 2.45) is 5.73 Å². The third-order valence-corrected chi connectivity index (χ3v) is 3.31. The van der Waals surface area contributed by atoms with Crippen molar-refractivity contribution in [3.63, 3.8) is 0 Å². The molecule has 0 saturated carbocycles. The predicted octanol–water partition coefficient (Wildman–Crippen LogP) is 1.22. The van der Waals surface area contributed by atoms with Crippen LogP contribution in [-0.4, -0.2) is 41.1 Å². The van der Waals surface area contributed by atoms with Gasteiger partial charge >= 0.3 is 0 Å². The first-order valence-corrected chi connectivity index (χ1v) is 6.27. The van der Waals surface area contributed by atoms with Gasteiger partial charge in [0.1, 0.15) is 4.99 Å². The van der Waals surface area contributed by atoms with E-state index in [0.717, 1.165) is 18.8 Å². The number of pyridine rings is 1. The van der Waals surface area contributed by atoms with Crippen LogP contribution in [0.25, 0.3) is 0 Å². The van der Waals surface area contributed by atoms with Gasteiger partial charge in [0, 0.05) is 6.04 Å². The zero-order valence-corrected chi connectivity index (χ0v) is 10.8. The van der Waals surface area contributed by atoms with Gasteiger partial charge in [0.05, 0.1) is 17.6 Å². The van der Waals surface area contributed by atoms with E-state index in [2.05, 4.69) is 22.2 Å². The van der Waals surface area contributed by atoms with Gasteiger partial charge in [-0.2, -0.15) is 0 Å². The molecule has 2 rings (SSSR count). The Labute approximate surface area is 107 Å². The molecule has 1 aliphatic heterocycles. The van der Waals surface area contributed by atoms with Gasteiger partial charge in [-0.25, -0.2) is 0 Å². The van der Waals surface area contributed by atoms with E-state index in [1.54, 1.807) is 6.20 Å². The van der Waals surface area contributed by atoms with E-state index >= 15 is 0 Å². The number of likely N-dealkylation sites (tertiary alicyclic amines) is 1. The second kappa shape index (κ2) is 5.42. The van der Waals surface area contributed by atoms with Crippen molar-refractivity contribution in [1.82, 2.24) is 9.88 Å². The number of hydrogen-bond donors (Lipinski definition) is 2. The number of nitrogens with one attached hydrogen (secondary N) is 1. The van der Waals surface area contributed by atoms with Crippen LogP contribution in [0.3, 0.4) is 0 Å². The van der Waals surface area contributed by atoms with E-state index in [9.17, 15) is 0 Å². The zero-order valence-electron chi connectivity index (χ0n) is 10.0. The molecule has 92 valence electrons. The molecule has 0 radical (unpaired) electrons. The predicted molar refractivity (Wildman–Crippen MR) is 74.3 cm³/mol. The maximum absolute atomic E-state index is 5.51. The topological polar surface area (TPSA) is 54.2 Å². The summed E-state index contributed by atoms with van der Waals surface area (Å²) in [4.78, 5) is 6.92. The van der Waals surface area contributed by atoms with Gasteiger partial charge in [0.2, 0.25) is 0 Å². The zero-order chi connectivity index (χ0) is 12.3. The van der Waals surface area contributed by atoms with Gasteiger partial charge in [-0.1, -0.05) is 12.2 Å². The van der Waals surface area contributed by atoms with Gasteiger partial charge in [-0.3, -0.25) is 4.98 Å². The molecule has 0 amide bonds. The third kappa shape index (κ3) is 3.38. The summed E-state index contributed by atoms with van der Waals surface area (Å²) in [6.07, 6.45) is 4.15. The molecule has 0 aromatic carbocycles. The number of thiocarbonyl (C=S) groups is 1. The van der Waals surface area contributed by atoms with Crippen molar-refractivity contribution >= 4 is 22.9 Å². The summed E-state index contributed by atoms with van der Waals surface area (Å²) in [5, 5.41) is 3.49. The van der Waals surface area contributed by atoms with Crippen LogP contribution in [0.1, 0.15) is 18.5 Å². The average molecular weight is 250 g/mol. The highest BCUT2D eigenvalue weighted by Gasteiger charge is 2.16. The summed E-state index contributed by atoms with van der Waals surface area (Å²) in [7, 11) is 2.16. The minimum atomic E-state index is 0.343. The van der Waals surface area contributed by atoms with Crippen molar-refractivity contribution < 1.29 is 0 Å². The summed E-state index contributed by atoms with van der Waals surface area (Å²) in [6.45, 7) is 2.30. The average Bonchev–Trinajstić information content (AvgIpc) is 2.33. The van der Waals surface area contributed by atoms with Crippen LogP contribution in [0.5, 0.6) is 0 Å². The van der Waals surface area contributed by atoms with Gasteiger partial charge in [0.15, 0.2) is 0 Å². The Kier molecular flexibility index (Phi) is 3.91. The number of rotatable bonds is 3. The normalized spacial score (nSPS) is 17.9. The highest BCUT2D eigenvalue weighted by atomic mass is 32.1. The van der Waals surface area contributed by atoms with Crippen LogP contribution in [0.4, 0.5) is 5.69 Å². The monoisotopic (exact) mass is 250 g/mol. The number of piperidine rings is 1. The van der Waals surface area contributed by atoms with Gasteiger partial charge in [0.25, 0.3) is 0 Å². The molecule has 0 aliphatic carbocycles. The van der Waals surface area contributed by atoms with Crippen molar-refractivity contribution in [3.8, 4) is 0 Å². The fraction of sp³-hybridized carbons (Fsp3) is 0.500. The number of anilines is 1. The number of aromatic nitrogens is 1. The quantitative estimate of drug-likeness (QED) is 0.790. The second-order valence-corrected chi connectivity index (χ2v) is 4.96. The lowest BCUT2D eigenvalue weighted by atomic mass is 10.1. The van der Waals surface area contributed by atoms with Gasteiger partial charge < -0.3 is 16.0 Å². The molecule has 4 nitrogen and oxygen atoms in total. The van der Waals surface area contributed by atoms with Gasteiger partial charge in [-0.05, 0) is 45.1 Å². The second-order valence-electron chi connectivity index (χ2n) is 4.52. The van der Waals surface area contributed by atoms with E-state index in [1.807, 2.05) is 12.1 Å². The van der Waals surface area contributed by atoms with Crippen molar-refractivity contribution in [1.29, 1.82) is 0 Å². The minimum Gasteiger partial charge on any atom is -0.388 e. The minimum absolute atomic E-state index is 0.343. The first kappa shape index (κ1) is 12.3. The third-order valence-electron chi connectivity index (χ3n) is 3.11. The molecular weight excluding hydrogens is 232 g/mol. The SMILES string of the molecule is CN1CCC(Nc2ccc(C(N)=S)nc2)CC1. The van der Waals surface area contributed by atoms with E-state index < -0.39 is 0 Å². The van der Waals surface area contributed by atoms with Crippen LogP contribution in [0, 0.1) is 0 Å². The molecule has 1 aromatic heterocycles. The highest BCUT2D eigenvalue weighted by Crippen LogP contribution is 2.15. The van der Waals surface area contributed by atoms with Crippen molar-refractivity contribution in [3.05, 3.63) is 24.0 Å². The van der Waals surface area contributed by atoms with Gasteiger partial charge in [-0.15, -0.1) is 0 Å². The van der Waals surface area contributed by atoms with E-state index in [-0.39, 0.29) is 0 Å². The molecule has 5 heteroatoms. The number of nitrogens with zero attached hydrogens (tertiary/aromatic N) is 2. The Bertz CT molecular complexity index is 382. The Hall–Kier alpha value is -1.20. The first-order chi connectivity index (χ1) is 8.15. The molecule has 0 bridgehead atoms. The Morgan fingerprint density at radius 2 is 2.18 bits per heavy atom. The van der Waals surface area contributed by atoms with E-state index in [4.69, 9.17) is 18.0 Å². The Morgan fingerprint density at radius 3 is 2.71 bits per heavy atom. The molecule has 3 N–H and O–H groups in total. The summed E-state index contributed by atoms with van der Waals surface area (Å²) >= 11 is 4.87. The van der Waals surface area contributed by atoms with Crippen LogP contribution < -0.4 is 11.1 Å². The highest BCUT2D eigenvalue weighted by molar-refractivity contribution is 7.80. The molecule has 17 heavy (non-hydrogen) atoms. The first-order valence-electron chi connectivity index (χ1n) is 5.86. The van der Waals surface area contributed by atoms with Crippen molar-refractivity contribution in [2.75, 3.05) is 25.5 Å². The molecular formula is C12H18N4S. The van der Waals surface area contributed by atoms with Crippen LogP contribution in [-0.2, 0) is 0 Å². The molecule has 1 saturated heterocycles. The summed E-state index contributed by atoms with van der Waals surface area (Å²) < 4.78 is 0. The maximum Gasteiger partial charge on any atom is 0.122 e. The fourth-order valence-electron chi connectivity index (χ4n) is 2.01. The summed E-state index contributed by atoms with van der Waals surface area (Å²) in [5.74, 6) is 0. The molecule has 2 heterocycles. The fourth-order valence-corrected chi connectivity index (χ4v) is 2.13. The lowest BCUT2D eigenvalue weighted by molar-refractivity contribution is 0.264. The molecule has 1 fully saturated rings. The Balaban J connectivity index is 1.92. The number of nitrogens with two attached hydrogens (primary N) is 1. The van der Waals surface area contributed by atoms with Crippen LogP contribution in [0.2, 0.25) is 0 Å². The summed E-state index contributed by atoms with van der Waals surface area (Å²) in [5.41, 5.74) is 7.22. The smallest absolute Gasteiger partial charge is 0.122 e. The van der Waals surface area contributed by atoms with E-state index in [1.165, 1.54) is 12.8 Å². The largest absolute Gasteiger partial charge is 0.388 e. The molecule has 1 aromatic rings. The Morgan fingerprint density at radius 1 is 1.47 bits per heavy atom. The summed E-state index contributed by atoms with van der Waals surface area (Å²) in [6, 6.07) is 4.39.